The summed E-state index contributed by atoms with van der Waals surface area (Å²) >= 11 is 11.3. The van der Waals surface area contributed by atoms with Crippen LogP contribution in [0.4, 0.5) is 0 Å². The van der Waals surface area contributed by atoms with Crippen LogP contribution in [0, 0.1) is 6.92 Å². The second-order valence-electron chi connectivity index (χ2n) is 2.67. The second kappa shape index (κ2) is 4.90. The van der Waals surface area contributed by atoms with Crippen LogP contribution in [0.15, 0.2) is 24.3 Å². The first kappa shape index (κ1) is 10.1. The Morgan fingerprint density at radius 1 is 1.25 bits per heavy atom. The Labute approximate surface area is 85.7 Å². The van der Waals surface area contributed by atoms with E-state index in [0.717, 1.165) is 6.04 Å². The van der Waals surface area contributed by atoms with Gasteiger partial charge in [-0.05, 0) is 13.0 Å². The smallest absolute Gasteiger partial charge is 0.0932 e. The molecule has 0 heterocycles. The summed E-state index contributed by atoms with van der Waals surface area (Å²) in [4.78, 5) is 0. The predicted octanol–water partition coefficient (Wildman–Crippen LogP) is 2.96. The number of aryl methyl sites for hydroxylation is 1. The van der Waals surface area contributed by atoms with Crippen LogP contribution in [0.25, 0.3) is 0 Å². The largest absolute Gasteiger partial charge is 0.110 e. The molecule has 1 aromatic rings. The Bertz CT molecular complexity index is 231. The minimum absolute atomic E-state index is 0.216. The SMILES string of the molecule is Cc1ccc(C[Si]C(Cl)Cl)cc1. The first-order chi connectivity index (χ1) is 5.68. The van der Waals surface area contributed by atoms with Crippen molar-refractivity contribution in [1.82, 2.24) is 0 Å². The van der Waals surface area contributed by atoms with E-state index in [4.69, 9.17) is 23.2 Å². The van der Waals surface area contributed by atoms with Gasteiger partial charge in [0.05, 0.1) is 14.0 Å². The van der Waals surface area contributed by atoms with E-state index in [1.54, 1.807) is 0 Å². The Morgan fingerprint density at radius 2 is 1.83 bits per heavy atom. The molecular weight excluding hydrogens is 207 g/mol. The van der Waals surface area contributed by atoms with E-state index in [-0.39, 0.29) is 4.46 Å². The molecule has 0 atom stereocenters. The van der Waals surface area contributed by atoms with Crippen LogP contribution in [-0.4, -0.2) is 14.0 Å². The van der Waals surface area contributed by atoms with Crippen molar-refractivity contribution in [2.24, 2.45) is 0 Å². The number of alkyl halides is 2. The molecule has 0 nitrogen and oxygen atoms in total. The summed E-state index contributed by atoms with van der Waals surface area (Å²) in [6, 6.07) is 9.45. The lowest BCUT2D eigenvalue weighted by molar-refractivity contribution is 1.34. The average Bonchev–Trinajstić information content (AvgIpc) is 2.03. The molecule has 3 heteroatoms. The van der Waals surface area contributed by atoms with Gasteiger partial charge in [-0.3, -0.25) is 0 Å². The van der Waals surface area contributed by atoms with Gasteiger partial charge < -0.3 is 0 Å². The lowest BCUT2D eigenvalue weighted by Crippen LogP contribution is -2.05. The van der Waals surface area contributed by atoms with Crippen molar-refractivity contribution in [3.05, 3.63) is 35.4 Å². The maximum atomic E-state index is 5.64. The summed E-state index contributed by atoms with van der Waals surface area (Å²) in [5, 5.41) is 0. The first-order valence-electron chi connectivity index (χ1n) is 3.75. The van der Waals surface area contributed by atoms with Gasteiger partial charge in [0, 0.05) is 0 Å². The molecule has 0 spiro atoms. The van der Waals surface area contributed by atoms with E-state index in [1.165, 1.54) is 11.1 Å². The third-order valence-corrected chi connectivity index (χ3v) is 3.43. The van der Waals surface area contributed by atoms with Gasteiger partial charge in [0.2, 0.25) is 0 Å². The highest BCUT2D eigenvalue weighted by Gasteiger charge is 2.00. The molecule has 0 saturated carbocycles. The minimum atomic E-state index is -0.216. The number of halogens is 2. The highest BCUT2D eigenvalue weighted by atomic mass is 35.5. The van der Waals surface area contributed by atoms with E-state index in [0.29, 0.717) is 9.52 Å². The van der Waals surface area contributed by atoms with Gasteiger partial charge >= 0.3 is 0 Å². The summed E-state index contributed by atoms with van der Waals surface area (Å²) < 4.78 is -0.216. The zero-order valence-electron chi connectivity index (χ0n) is 6.85. The quantitative estimate of drug-likeness (QED) is 0.539. The highest BCUT2D eigenvalue weighted by Crippen LogP contribution is 2.06. The van der Waals surface area contributed by atoms with Gasteiger partial charge in [-0.2, -0.15) is 0 Å². The van der Waals surface area contributed by atoms with Gasteiger partial charge in [-0.15, -0.1) is 23.2 Å². The molecular formula is C9H10Cl2Si. The Morgan fingerprint density at radius 3 is 2.33 bits per heavy atom. The summed E-state index contributed by atoms with van der Waals surface area (Å²) in [6.07, 6.45) is 0. The fourth-order valence-corrected chi connectivity index (χ4v) is 1.99. The Balaban J connectivity index is 2.48. The van der Waals surface area contributed by atoms with Crippen molar-refractivity contribution in [3.63, 3.8) is 0 Å². The molecule has 1 aromatic carbocycles. The third kappa shape index (κ3) is 3.61. The van der Waals surface area contributed by atoms with Crippen molar-refractivity contribution in [3.8, 4) is 0 Å². The van der Waals surface area contributed by atoms with Crippen LogP contribution >= 0.6 is 23.2 Å². The molecule has 0 bridgehead atoms. The Hall–Kier alpha value is 0.0169. The standard InChI is InChI=1S/C9H10Cl2Si/c1-7-2-4-8(5-3-7)6-12-9(10)11/h2-5,9H,6H2,1H3. The topological polar surface area (TPSA) is 0 Å². The van der Waals surface area contributed by atoms with Crippen molar-refractivity contribution in [1.29, 1.82) is 0 Å². The van der Waals surface area contributed by atoms with Gasteiger partial charge in [-0.1, -0.05) is 35.4 Å². The van der Waals surface area contributed by atoms with E-state index >= 15 is 0 Å². The van der Waals surface area contributed by atoms with Crippen molar-refractivity contribution in [2.75, 3.05) is 0 Å². The molecule has 0 unspecified atom stereocenters. The maximum absolute atomic E-state index is 5.64. The molecule has 12 heavy (non-hydrogen) atoms. The minimum Gasteiger partial charge on any atom is -0.110 e. The zero-order valence-corrected chi connectivity index (χ0v) is 9.36. The molecule has 64 valence electrons. The summed E-state index contributed by atoms with van der Waals surface area (Å²) in [5.74, 6) is 0. The number of benzene rings is 1. The van der Waals surface area contributed by atoms with Gasteiger partial charge in [-0.25, -0.2) is 0 Å². The average molecular weight is 217 g/mol. The van der Waals surface area contributed by atoms with Crippen LogP contribution < -0.4 is 0 Å². The molecule has 0 aliphatic rings. The normalized spacial score (nSPS) is 10.7. The number of rotatable bonds is 3. The molecule has 0 aliphatic carbocycles. The summed E-state index contributed by atoms with van der Waals surface area (Å²) in [5.41, 5.74) is 2.60. The third-order valence-electron chi connectivity index (χ3n) is 1.58. The van der Waals surface area contributed by atoms with Gasteiger partial charge in [0.1, 0.15) is 0 Å². The lowest BCUT2D eigenvalue weighted by Gasteiger charge is -2.00. The summed E-state index contributed by atoms with van der Waals surface area (Å²) in [6.45, 7) is 2.08. The molecule has 0 amide bonds. The fourth-order valence-electron chi connectivity index (χ4n) is 0.901. The fraction of sp³-hybridized carbons (Fsp3) is 0.333. The van der Waals surface area contributed by atoms with E-state index in [9.17, 15) is 0 Å². The van der Waals surface area contributed by atoms with Gasteiger partial charge in [0.15, 0.2) is 0 Å². The zero-order chi connectivity index (χ0) is 8.97. The maximum Gasteiger partial charge on any atom is 0.0932 e. The van der Waals surface area contributed by atoms with E-state index in [2.05, 4.69) is 31.2 Å². The molecule has 1 rings (SSSR count). The van der Waals surface area contributed by atoms with Crippen LogP contribution in [-0.2, 0) is 6.04 Å². The van der Waals surface area contributed by atoms with Crippen LogP contribution in [0.5, 0.6) is 0 Å². The first-order valence-corrected chi connectivity index (χ1v) is 5.91. The molecule has 2 radical (unpaired) electrons. The molecule has 0 aromatic heterocycles. The summed E-state index contributed by atoms with van der Waals surface area (Å²) in [7, 11) is 0.594. The van der Waals surface area contributed by atoms with Crippen molar-refractivity contribution >= 4 is 32.7 Å². The molecule has 0 fully saturated rings. The predicted molar refractivity (Wildman–Crippen MR) is 56.1 cm³/mol. The van der Waals surface area contributed by atoms with Gasteiger partial charge in [0.25, 0.3) is 0 Å². The number of hydrogen-bond donors (Lipinski definition) is 0. The second-order valence-corrected chi connectivity index (χ2v) is 5.83. The van der Waals surface area contributed by atoms with E-state index in [1.807, 2.05) is 0 Å². The van der Waals surface area contributed by atoms with Crippen LogP contribution in [0.2, 0.25) is 0 Å². The van der Waals surface area contributed by atoms with Crippen molar-refractivity contribution in [2.45, 2.75) is 17.4 Å². The van der Waals surface area contributed by atoms with Crippen LogP contribution in [0.3, 0.4) is 0 Å². The van der Waals surface area contributed by atoms with Crippen LogP contribution in [0.1, 0.15) is 11.1 Å². The molecule has 0 aliphatic heterocycles. The number of hydrogen-bond acceptors (Lipinski definition) is 0. The Kier molecular flexibility index (Phi) is 4.13. The highest BCUT2D eigenvalue weighted by molar-refractivity contribution is 6.68. The van der Waals surface area contributed by atoms with E-state index < -0.39 is 0 Å². The molecule has 0 N–H and O–H groups in total. The molecule has 0 saturated heterocycles. The van der Waals surface area contributed by atoms with Crippen molar-refractivity contribution < 1.29 is 0 Å². The monoisotopic (exact) mass is 216 g/mol. The lowest BCUT2D eigenvalue weighted by atomic mass is 10.2.